The van der Waals surface area contributed by atoms with Gasteiger partial charge in [0.15, 0.2) is 0 Å². The Morgan fingerprint density at radius 3 is 2.86 bits per heavy atom. The van der Waals surface area contributed by atoms with Crippen LogP contribution in [-0.4, -0.2) is 50.0 Å². The first kappa shape index (κ1) is 19.9. The molecule has 1 aromatic heterocycles. The average molecular weight is 412 g/mol. The maximum Gasteiger partial charge on any atom is 0.409 e. The number of para-hydroxylation sites is 2. The number of amides is 2. The second-order valence-corrected chi connectivity index (χ2v) is 6.75. The third-order valence-electron chi connectivity index (χ3n) is 3.90. The molecular weight excluding hydrogens is 397 g/mol. The van der Waals surface area contributed by atoms with Gasteiger partial charge in [-0.15, -0.1) is 11.7 Å². The number of alkyl halides is 3. The number of allylic oxidation sites excluding steroid dienone is 1. The number of thioether (sulfide) groups is 1. The number of hydrogen-bond donors (Lipinski definition) is 1. The monoisotopic (exact) mass is 412 g/mol. The SMILES string of the molecule is C=CCn1nnnc1SCC(=O)N1c2ccccc2NC(=O)CC1C(F)(F)F. The summed E-state index contributed by atoms with van der Waals surface area (Å²) in [5.74, 6) is -1.97. The standard InChI is InChI=1S/C16H15F3N6O2S/c1-2-7-24-15(21-22-23-24)28-9-14(27)25-11-6-4-3-5-10(11)20-13(26)8-12(25)16(17,18)19/h2-6,12H,1,7-9H2,(H,20,26). The Morgan fingerprint density at radius 1 is 1.39 bits per heavy atom. The van der Waals surface area contributed by atoms with Crippen LogP contribution in [0.15, 0.2) is 42.1 Å². The summed E-state index contributed by atoms with van der Waals surface area (Å²) in [7, 11) is 0. The maximum atomic E-state index is 13.6. The van der Waals surface area contributed by atoms with E-state index in [0.717, 1.165) is 11.8 Å². The van der Waals surface area contributed by atoms with Crippen molar-refractivity contribution < 1.29 is 22.8 Å². The molecule has 0 saturated heterocycles. The molecule has 28 heavy (non-hydrogen) atoms. The van der Waals surface area contributed by atoms with Gasteiger partial charge in [-0.1, -0.05) is 30.0 Å². The first-order valence-electron chi connectivity index (χ1n) is 8.08. The lowest BCUT2D eigenvalue weighted by atomic mass is 10.1. The first-order chi connectivity index (χ1) is 13.3. The predicted octanol–water partition coefficient (Wildman–Crippen LogP) is 2.26. The second-order valence-electron chi connectivity index (χ2n) is 5.81. The Balaban J connectivity index is 1.90. The van der Waals surface area contributed by atoms with Crippen LogP contribution in [0, 0.1) is 0 Å². The molecule has 0 bridgehead atoms. The molecule has 0 spiro atoms. The lowest BCUT2D eigenvalue weighted by Gasteiger charge is -2.31. The second kappa shape index (κ2) is 8.00. The minimum absolute atomic E-state index is 0.00745. The van der Waals surface area contributed by atoms with Gasteiger partial charge >= 0.3 is 6.18 Å². The van der Waals surface area contributed by atoms with Crippen LogP contribution < -0.4 is 10.2 Å². The molecule has 2 aromatic rings. The maximum absolute atomic E-state index is 13.6. The Morgan fingerprint density at radius 2 is 2.14 bits per heavy atom. The van der Waals surface area contributed by atoms with Gasteiger partial charge in [0, 0.05) is 0 Å². The van der Waals surface area contributed by atoms with Crippen molar-refractivity contribution in [2.24, 2.45) is 0 Å². The molecule has 2 amide bonds. The van der Waals surface area contributed by atoms with Gasteiger partial charge < -0.3 is 5.32 Å². The van der Waals surface area contributed by atoms with Crippen molar-refractivity contribution in [3.05, 3.63) is 36.9 Å². The van der Waals surface area contributed by atoms with E-state index in [9.17, 15) is 22.8 Å². The summed E-state index contributed by atoms with van der Waals surface area (Å²) in [6.45, 7) is 3.85. The number of halogens is 3. The van der Waals surface area contributed by atoms with Crippen LogP contribution in [0.5, 0.6) is 0 Å². The highest BCUT2D eigenvalue weighted by Gasteiger charge is 2.48. The van der Waals surface area contributed by atoms with Gasteiger partial charge in [0.2, 0.25) is 17.0 Å². The molecular formula is C16H15F3N6O2S. The molecule has 1 N–H and O–H groups in total. The number of carbonyl (C=O) groups is 2. The highest BCUT2D eigenvalue weighted by Crippen LogP contribution is 2.38. The average Bonchev–Trinajstić information content (AvgIpc) is 3.00. The third kappa shape index (κ3) is 4.16. The third-order valence-corrected chi connectivity index (χ3v) is 4.84. The Bertz CT molecular complexity index is 900. The van der Waals surface area contributed by atoms with Crippen LogP contribution in [0.25, 0.3) is 0 Å². The van der Waals surface area contributed by atoms with Crippen molar-refractivity contribution in [2.75, 3.05) is 16.0 Å². The molecule has 0 saturated carbocycles. The van der Waals surface area contributed by atoms with E-state index >= 15 is 0 Å². The van der Waals surface area contributed by atoms with Gasteiger partial charge in [-0.25, -0.2) is 4.68 Å². The largest absolute Gasteiger partial charge is 0.409 e. The van der Waals surface area contributed by atoms with Gasteiger partial charge in [-0.05, 0) is 22.6 Å². The number of tetrazole rings is 1. The van der Waals surface area contributed by atoms with Gasteiger partial charge in [-0.3, -0.25) is 14.5 Å². The van der Waals surface area contributed by atoms with E-state index < -0.39 is 30.5 Å². The van der Waals surface area contributed by atoms with Crippen LogP contribution in [0.3, 0.4) is 0 Å². The van der Waals surface area contributed by atoms with Crippen LogP contribution in [-0.2, 0) is 16.1 Å². The topological polar surface area (TPSA) is 93.0 Å². The molecule has 1 aliphatic heterocycles. The molecule has 1 atom stereocenters. The molecule has 148 valence electrons. The Labute approximate surface area is 161 Å². The number of benzene rings is 1. The first-order valence-corrected chi connectivity index (χ1v) is 9.07. The van der Waals surface area contributed by atoms with E-state index in [0.29, 0.717) is 11.4 Å². The fraction of sp³-hybridized carbons (Fsp3) is 0.312. The molecule has 8 nitrogen and oxygen atoms in total. The fourth-order valence-corrected chi connectivity index (χ4v) is 3.47. The Hall–Kier alpha value is -2.89. The van der Waals surface area contributed by atoms with E-state index in [1.54, 1.807) is 12.1 Å². The van der Waals surface area contributed by atoms with E-state index in [1.807, 2.05) is 0 Å². The number of anilines is 2. The number of aromatic nitrogens is 4. The quantitative estimate of drug-likeness (QED) is 0.598. The number of fused-ring (bicyclic) bond motifs is 1. The number of nitrogens with one attached hydrogen (secondary N) is 1. The normalized spacial score (nSPS) is 16.9. The summed E-state index contributed by atoms with van der Waals surface area (Å²) < 4.78 is 42.3. The highest BCUT2D eigenvalue weighted by atomic mass is 32.2. The lowest BCUT2D eigenvalue weighted by molar-refractivity contribution is -0.157. The minimum Gasteiger partial charge on any atom is -0.324 e. The molecule has 1 unspecified atom stereocenters. The summed E-state index contributed by atoms with van der Waals surface area (Å²) in [5.41, 5.74) is 0.140. The summed E-state index contributed by atoms with van der Waals surface area (Å²) in [6, 6.07) is 3.61. The molecule has 0 fully saturated rings. The van der Waals surface area contributed by atoms with Gasteiger partial charge in [0.1, 0.15) is 6.04 Å². The highest BCUT2D eigenvalue weighted by molar-refractivity contribution is 7.99. The van der Waals surface area contributed by atoms with E-state index in [-0.39, 0.29) is 22.3 Å². The van der Waals surface area contributed by atoms with Gasteiger partial charge in [0.05, 0.1) is 30.1 Å². The van der Waals surface area contributed by atoms with Crippen LogP contribution in [0.1, 0.15) is 6.42 Å². The molecule has 2 heterocycles. The molecule has 0 radical (unpaired) electrons. The summed E-state index contributed by atoms with van der Waals surface area (Å²) in [5, 5.41) is 13.6. The molecule has 3 rings (SSSR count). The van der Waals surface area contributed by atoms with Crippen molar-refractivity contribution >= 4 is 35.0 Å². The molecule has 12 heteroatoms. The zero-order valence-electron chi connectivity index (χ0n) is 14.4. The van der Waals surface area contributed by atoms with Crippen LogP contribution in [0.4, 0.5) is 24.5 Å². The summed E-state index contributed by atoms with van der Waals surface area (Å²) in [4.78, 5) is 25.4. The van der Waals surface area contributed by atoms with Crippen molar-refractivity contribution in [3.63, 3.8) is 0 Å². The molecule has 1 aromatic carbocycles. The van der Waals surface area contributed by atoms with Crippen LogP contribution in [0.2, 0.25) is 0 Å². The van der Waals surface area contributed by atoms with Crippen molar-refractivity contribution in [2.45, 2.75) is 30.3 Å². The van der Waals surface area contributed by atoms with Crippen LogP contribution >= 0.6 is 11.8 Å². The fourth-order valence-electron chi connectivity index (χ4n) is 2.73. The summed E-state index contributed by atoms with van der Waals surface area (Å²) in [6.07, 6.45) is -4.12. The van der Waals surface area contributed by atoms with Gasteiger partial charge in [0.25, 0.3) is 0 Å². The Kier molecular flexibility index (Phi) is 5.68. The number of hydrogen-bond acceptors (Lipinski definition) is 6. The minimum atomic E-state index is -4.78. The lowest BCUT2D eigenvalue weighted by Crippen LogP contribution is -2.50. The zero-order chi connectivity index (χ0) is 20.3. The molecule has 0 aliphatic carbocycles. The predicted molar refractivity (Wildman–Crippen MR) is 95.8 cm³/mol. The van der Waals surface area contributed by atoms with E-state index in [1.165, 1.54) is 22.9 Å². The van der Waals surface area contributed by atoms with Crippen molar-refractivity contribution in [3.8, 4) is 0 Å². The van der Waals surface area contributed by atoms with Gasteiger partial charge in [-0.2, -0.15) is 13.2 Å². The number of rotatable bonds is 5. The van der Waals surface area contributed by atoms with E-state index in [2.05, 4.69) is 27.4 Å². The van der Waals surface area contributed by atoms with E-state index in [4.69, 9.17) is 0 Å². The number of nitrogens with zero attached hydrogens (tertiary/aromatic N) is 5. The number of carbonyl (C=O) groups excluding carboxylic acids is 2. The van der Waals surface area contributed by atoms with Crippen molar-refractivity contribution in [1.82, 2.24) is 20.2 Å². The smallest absolute Gasteiger partial charge is 0.324 e. The molecule has 1 aliphatic rings. The van der Waals surface area contributed by atoms with Crippen molar-refractivity contribution in [1.29, 1.82) is 0 Å². The zero-order valence-corrected chi connectivity index (χ0v) is 15.2. The summed E-state index contributed by atoms with van der Waals surface area (Å²) >= 11 is 0.906.